The van der Waals surface area contributed by atoms with Gasteiger partial charge in [0.1, 0.15) is 5.75 Å². The van der Waals surface area contributed by atoms with Crippen molar-refractivity contribution >= 4 is 0 Å². The molecule has 0 aromatic heterocycles. The van der Waals surface area contributed by atoms with Crippen LogP contribution in [0.25, 0.3) is 0 Å². The molecule has 1 saturated carbocycles. The van der Waals surface area contributed by atoms with E-state index in [-0.39, 0.29) is 0 Å². The van der Waals surface area contributed by atoms with Gasteiger partial charge in [-0.15, -0.1) is 0 Å². The van der Waals surface area contributed by atoms with E-state index in [9.17, 15) is 0 Å². The lowest BCUT2D eigenvalue weighted by atomic mass is 9.69. The van der Waals surface area contributed by atoms with Gasteiger partial charge in [-0.1, -0.05) is 51.3 Å². The van der Waals surface area contributed by atoms with Crippen molar-refractivity contribution in [3.63, 3.8) is 0 Å². The van der Waals surface area contributed by atoms with Crippen LogP contribution in [0.3, 0.4) is 0 Å². The SMILES string of the molecule is CCNC(Cc1ccccc1OC)C1(C)CCCCC1. The van der Waals surface area contributed by atoms with E-state index in [0.717, 1.165) is 18.7 Å². The molecule has 1 aliphatic carbocycles. The van der Waals surface area contributed by atoms with E-state index in [1.165, 1.54) is 37.7 Å². The Labute approximate surface area is 123 Å². The van der Waals surface area contributed by atoms with Gasteiger partial charge in [0.05, 0.1) is 7.11 Å². The largest absolute Gasteiger partial charge is 0.496 e. The van der Waals surface area contributed by atoms with Crippen molar-refractivity contribution in [2.24, 2.45) is 5.41 Å². The lowest BCUT2D eigenvalue weighted by Gasteiger charge is -2.41. The van der Waals surface area contributed by atoms with Crippen LogP contribution in [-0.2, 0) is 6.42 Å². The highest BCUT2D eigenvalue weighted by Gasteiger charge is 2.35. The molecule has 0 amide bonds. The van der Waals surface area contributed by atoms with Gasteiger partial charge < -0.3 is 10.1 Å². The summed E-state index contributed by atoms with van der Waals surface area (Å²) in [6.07, 6.45) is 7.92. The molecule has 2 heteroatoms. The van der Waals surface area contributed by atoms with Gasteiger partial charge in [-0.05, 0) is 42.9 Å². The summed E-state index contributed by atoms with van der Waals surface area (Å²) in [5, 5.41) is 3.74. The minimum absolute atomic E-state index is 0.426. The van der Waals surface area contributed by atoms with E-state index in [0.29, 0.717) is 11.5 Å². The third-order valence-electron chi connectivity index (χ3n) is 4.90. The quantitative estimate of drug-likeness (QED) is 0.840. The normalized spacial score (nSPS) is 19.6. The first-order valence-electron chi connectivity index (χ1n) is 8.05. The first kappa shape index (κ1) is 15.4. The van der Waals surface area contributed by atoms with Gasteiger partial charge in [-0.2, -0.15) is 0 Å². The molecule has 1 unspecified atom stereocenters. The van der Waals surface area contributed by atoms with E-state index in [2.05, 4.69) is 37.4 Å². The molecular weight excluding hydrogens is 246 g/mol. The molecule has 1 fully saturated rings. The lowest BCUT2D eigenvalue weighted by Crippen LogP contribution is -2.46. The fourth-order valence-corrected chi connectivity index (χ4v) is 3.61. The molecule has 0 bridgehead atoms. The van der Waals surface area contributed by atoms with Crippen molar-refractivity contribution < 1.29 is 4.74 Å². The molecule has 2 nitrogen and oxygen atoms in total. The summed E-state index contributed by atoms with van der Waals surface area (Å²) < 4.78 is 5.52. The number of benzene rings is 1. The fourth-order valence-electron chi connectivity index (χ4n) is 3.61. The maximum absolute atomic E-state index is 5.52. The van der Waals surface area contributed by atoms with Gasteiger partial charge in [-0.3, -0.25) is 0 Å². The van der Waals surface area contributed by atoms with Crippen molar-refractivity contribution in [3.05, 3.63) is 29.8 Å². The average Bonchev–Trinajstić information content (AvgIpc) is 2.48. The third-order valence-corrected chi connectivity index (χ3v) is 4.90. The summed E-state index contributed by atoms with van der Waals surface area (Å²) in [7, 11) is 1.77. The first-order valence-corrected chi connectivity index (χ1v) is 8.05. The van der Waals surface area contributed by atoms with E-state index >= 15 is 0 Å². The van der Waals surface area contributed by atoms with Crippen LogP contribution < -0.4 is 10.1 Å². The second-order valence-electron chi connectivity index (χ2n) is 6.34. The van der Waals surface area contributed by atoms with Crippen molar-refractivity contribution in [1.29, 1.82) is 0 Å². The third kappa shape index (κ3) is 3.54. The summed E-state index contributed by atoms with van der Waals surface area (Å²) in [6.45, 7) is 5.71. The van der Waals surface area contributed by atoms with Crippen LogP contribution in [0.15, 0.2) is 24.3 Å². The van der Waals surface area contributed by atoms with Crippen LogP contribution in [0.4, 0.5) is 0 Å². The number of para-hydroxylation sites is 1. The monoisotopic (exact) mass is 275 g/mol. The van der Waals surface area contributed by atoms with Crippen LogP contribution in [0.1, 0.15) is 51.5 Å². The predicted molar refractivity (Wildman–Crippen MR) is 85.4 cm³/mol. The van der Waals surface area contributed by atoms with E-state index in [4.69, 9.17) is 4.74 Å². The maximum Gasteiger partial charge on any atom is 0.122 e. The Hall–Kier alpha value is -1.02. The number of rotatable bonds is 6. The Balaban J connectivity index is 2.16. The number of hydrogen-bond donors (Lipinski definition) is 1. The van der Waals surface area contributed by atoms with Gasteiger partial charge >= 0.3 is 0 Å². The topological polar surface area (TPSA) is 21.3 Å². The summed E-state index contributed by atoms with van der Waals surface area (Å²) >= 11 is 0. The van der Waals surface area contributed by atoms with Crippen LogP contribution >= 0.6 is 0 Å². The van der Waals surface area contributed by atoms with E-state index in [1.807, 2.05) is 6.07 Å². The summed E-state index contributed by atoms with van der Waals surface area (Å²) in [5.41, 5.74) is 1.75. The first-order chi connectivity index (χ1) is 9.69. The van der Waals surface area contributed by atoms with Crippen molar-refractivity contribution in [3.8, 4) is 5.75 Å². The van der Waals surface area contributed by atoms with Gasteiger partial charge in [-0.25, -0.2) is 0 Å². The molecule has 2 rings (SSSR count). The molecule has 1 aromatic rings. The van der Waals surface area contributed by atoms with Crippen LogP contribution in [-0.4, -0.2) is 19.7 Å². The molecule has 1 aliphatic rings. The van der Waals surface area contributed by atoms with Gasteiger partial charge in [0.25, 0.3) is 0 Å². The molecule has 1 aromatic carbocycles. The Morgan fingerprint density at radius 3 is 2.55 bits per heavy atom. The molecule has 20 heavy (non-hydrogen) atoms. The Kier molecular flexibility index (Phi) is 5.47. The average molecular weight is 275 g/mol. The molecule has 0 radical (unpaired) electrons. The van der Waals surface area contributed by atoms with Crippen LogP contribution in [0.5, 0.6) is 5.75 Å². The second-order valence-corrected chi connectivity index (χ2v) is 6.34. The molecular formula is C18H29NO. The molecule has 0 spiro atoms. The zero-order valence-electron chi connectivity index (χ0n) is 13.2. The number of nitrogens with one attached hydrogen (secondary N) is 1. The van der Waals surface area contributed by atoms with Crippen molar-refractivity contribution in [2.45, 2.75) is 58.4 Å². The molecule has 0 heterocycles. The smallest absolute Gasteiger partial charge is 0.122 e. The highest BCUT2D eigenvalue weighted by molar-refractivity contribution is 5.34. The highest BCUT2D eigenvalue weighted by atomic mass is 16.5. The number of ether oxygens (including phenoxy) is 1. The number of methoxy groups -OCH3 is 1. The van der Waals surface area contributed by atoms with E-state index < -0.39 is 0 Å². The zero-order chi connectivity index (χ0) is 14.4. The Morgan fingerprint density at radius 2 is 1.90 bits per heavy atom. The van der Waals surface area contributed by atoms with Crippen LogP contribution in [0.2, 0.25) is 0 Å². The summed E-state index contributed by atoms with van der Waals surface area (Å²) in [6, 6.07) is 8.98. The number of hydrogen-bond acceptors (Lipinski definition) is 2. The summed E-state index contributed by atoms with van der Waals surface area (Å²) in [4.78, 5) is 0. The maximum atomic E-state index is 5.52. The molecule has 1 N–H and O–H groups in total. The predicted octanol–water partition coefficient (Wildman–Crippen LogP) is 4.19. The highest BCUT2D eigenvalue weighted by Crippen LogP contribution is 2.40. The van der Waals surface area contributed by atoms with Crippen molar-refractivity contribution in [1.82, 2.24) is 5.32 Å². The Bertz CT molecular complexity index is 410. The van der Waals surface area contributed by atoms with E-state index in [1.54, 1.807) is 7.11 Å². The molecule has 1 atom stereocenters. The fraction of sp³-hybridized carbons (Fsp3) is 0.667. The molecule has 0 aliphatic heterocycles. The minimum atomic E-state index is 0.426. The van der Waals surface area contributed by atoms with Crippen LogP contribution in [0, 0.1) is 5.41 Å². The van der Waals surface area contributed by atoms with Gasteiger partial charge in [0.2, 0.25) is 0 Å². The minimum Gasteiger partial charge on any atom is -0.496 e. The molecule has 0 saturated heterocycles. The van der Waals surface area contributed by atoms with Gasteiger partial charge in [0.15, 0.2) is 0 Å². The second kappa shape index (κ2) is 7.12. The van der Waals surface area contributed by atoms with Crippen molar-refractivity contribution in [2.75, 3.05) is 13.7 Å². The molecule has 112 valence electrons. The Morgan fingerprint density at radius 1 is 1.20 bits per heavy atom. The standard InChI is InChI=1S/C18H29NO/c1-4-19-17(18(2)12-8-5-9-13-18)14-15-10-6-7-11-16(15)20-3/h6-7,10-11,17,19H,4-5,8-9,12-14H2,1-3H3. The zero-order valence-corrected chi connectivity index (χ0v) is 13.2. The van der Waals surface area contributed by atoms with Gasteiger partial charge in [0, 0.05) is 6.04 Å². The number of likely N-dealkylation sites (N-methyl/N-ethyl adjacent to an activating group) is 1. The lowest BCUT2D eigenvalue weighted by molar-refractivity contribution is 0.144. The summed E-state index contributed by atoms with van der Waals surface area (Å²) in [5.74, 6) is 1.02.